The molecule has 0 N–H and O–H groups in total. The maximum Gasteiger partial charge on any atom is 0.263 e. The van der Waals surface area contributed by atoms with E-state index in [1.165, 1.54) is 41.9 Å². The molecule has 22 heavy (non-hydrogen) atoms. The molecule has 6 heteroatoms. The lowest BCUT2D eigenvalue weighted by atomic mass is 9.97. The van der Waals surface area contributed by atoms with Gasteiger partial charge >= 0.3 is 0 Å². The minimum absolute atomic E-state index is 0.152. The van der Waals surface area contributed by atoms with Crippen LogP contribution in [0, 0.1) is 5.92 Å². The summed E-state index contributed by atoms with van der Waals surface area (Å²) < 4.78 is 1.48. The third kappa shape index (κ3) is 3.65. The number of carbonyl (C=O) groups is 2. The van der Waals surface area contributed by atoms with E-state index >= 15 is 0 Å². The van der Waals surface area contributed by atoms with Gasteiger partial charge in [0.15, 0.2) is 0 Å². The number of rotatable bonds is 8. The molecule has 0 bridgehead atoms. The summed E-state index contributed by atoms with van der Waals surface area (Å²) in [5, 5.41) is 0. The van der Waals surface area contributed by atoms with Gasteiger partial charge in [-0.05, 0) is 44.2 Å². The lowest BCUT2D eigenvalue weighted by molar-refractivity contribution is 0.0623. The van der Waals surface area contributed by atoms with Crippen molar-refractivity contribution in [3.63, 3.8) is 0 Å². The fourth-order valence-corrected chi connectivity index (χ4v) is 5.93. The third-order valence-electron chi connectivity index (χ3n) is 4.22. The minimum atomic E-state index is -0.152. The molecular formula is C16H21Br2NO2S. The zero-order valence-electron chi connectivity index (χ0n) is 13.0. The van der Waals surface area contributed by atoms with E-state index in [0.29, 0.717) is 23.6 Å². The van der Waals surface area contributed by atoms with Crippen molar-refractivity contribution in [2.75, 3.05) is 6.54 Å². The molecule has 0 saturated carbocycles. The van der Waals surface area contributed by atoms with E-state index in [9.17, 15) is 9.59 Å². The monoisotopic (exact) mass is 449 g/mol. The number of fused-ring (bicyclic) bond motifs is 1. The van der Waals surface area contributed by atoms with Crippen LogP contribution in [-0.2, 0) is 0 Å². The van der Waals surface area contributed by atoms with Crippen LogP contribution in [0.4, 0.5) is 0 Å². The van der Waals surface area contributed by atoms with Gasteiger partial charge in [-0.2, -0.15) is 0 Å². The van der Waals surface area contributed by atoms with Crippen molar-refractivity contribution in [3.05, 3.63) is 18.7 Å². The fourth-order valence-electron chi connectivity index (χ4n) is 2.83. The molecule has 0 aliphatic carbocycles. The summed E-state index contributed by atoms with van der Waals surface area (Å²) in [6.07, 6.45) is 6.98. The fraction of sp³-hybridized carbons (Fsp3) is 0.625. The van der Waals surface area contributed by atoms with Crippen molar-refractivity contribution in [2.24, 2.45) is 5.92 Å². The van der Waals surface area contributed by atoms with Crippen LogP contribution < -0.4 is 0 Å². The van der Waals surface area contributed by atoms with Crippen LogP contribution in [0.2, 0.25) is 0 Å². The Balaban J connectivity index is 2.03. The molecule has 1 atom stereocenters. The normalized spacial score (nSPS) is 15.5. The molecule has 2 rings (SSSR count). The third-order valence-corrected chi connectivity index (χ3v) is 6.76. The Labute approximate surface area is 152 Å². The van der Waals surface area contributed by atoms with Crippen molar-refractivity contribution < 1.29 is 9.59 Å². The Hall–Kier alpha value is -0.200. The summed E-state index contributed by atoms with van der Waals surface area (Å²) in [6.45, 7) is 4.88. The summed E-state index contributed by atoms with van der Waals surface area (Å²) >= 11 is 8.18. The first-order valence-electron chi connectivity index (χ1n) is 7.85. The van der Waals surface area contributed by atoms with Gasteiger partial charge in [0.2, 0.25) is 0 Å². The van der Waals surface area contributed by atoms with Crippen LogP contribution in [-0.4, -0.2) is 23.3 Å². The number of halogens is 2. The first kappa shape index (κ1) is 18.1. The Bertz CT molecular complexity index is 534. The Kier molecular flexibility index (Phi) is 6.65. The van der Waals surface area contributed by atoms with Crippen LogP contribution in [0.1, 0.15) is 73.1 Å². The van der Waals surface area contributed by atoms with Gasteiger partial charge in [0.05, 0.1) is 18.7 Å². The summed E-state index contributed by atoms with van der Waals surface area (Å²) in [6, 6.07) is 0. The van der Waals surface area contributed by atoms with Crippen LogP contribution in [0.25, 0.3) is 0 Å². The molecule has 1 aromatic rings. The Morgan fingerprint density at radius 3 is 2.09 bits per heavy atom. The Morgan fingerprint density at radius 1 is 1.00 bits per heavy atom. The van der Waals surface area contributed by atoms with Crippen molar-refractivity contribution in [1.29, 1.82) is 0 Å². The van der Waals surface area contributed by atoms with Gasteiger partial charge in [-0.25, -0.2) is 0 Å². The van der Waals surface area contributed by atoms with Gasteiger partial charge in [0, 0.05) is 6.54 Å². The maximum atomic E-state index is 12.5. The van der Waals surface area contributed by atoms with E-state index in [1.807, 2.05) is 0 Å². The number of hydrogen-bond acceptors (Lipinski definition) is 3. The van der Waals surface area contributed by atoms with Crippen LogP contribution in [0.3, 0.4) is 0 Å². The molecule has 0 radical (unpaired) electrons. The number of carbonyl (C=O) groups excluding carboxylic acids is 2. The van der Waals surface area contributed by atoms with Gasteiger partial charge in [0.25, 0.3) is 11.8 Å². The second-order valence-electron chi connectivity index (χ2n) is 5.74. The number of unbranched alkanes of at least 4 members (excludes halogenated alkanes) is 3. The summed E-state index contributed by atoms with van der Waals surface area (Å²) in [7, 11) is 0. The van der Waals surface area contributed by atoms with Crippen LogP contribution in [0.15, 0.2) is 7.57 Å². The standard InChI is InChI=1S/C16H21Br2NO2S/c1-3-5-6-7-8-10(4-2)9-19-15(20)11-12(16(19)21)14(18)22-13(11)17/h10H,3-9H2,1-2H3. The summed E-state index contributed by atoms with van der Waals surface area (Å²) in [5.74, 6) is 0.0941. The van der Waals surface area contributed by atoms with Gasteiger partial charge in [0.1, 0.15) is 0 Å². The average Bonchev–Trinajstić information content (AvgIpc) is 2.92. The van der Waals surface area contributed by atoms with E-state index in [2.05, 4.69) is 45.7 Å². The van der Waals surface area contributed by atoms with Gasteiger partial charge in [-0.15, -0.1) is 11.3 Å². The van der Waals surface area contributed by atoms with E-state index < -0.39 is 0 Å². The zero-order chi connectivity index (χ0) is 16.3. The van der Waals surface area contributed by atoms with E-state index in [4.69, 9.17) is 0 Å². The molecule has 1 aromatic heterocycles. The van der Waals surface area contributed by atoms with Crippen molar-refractivity contribution in [1.82, 2.24) is 4.90 Å². The smallest absolute Gasteiger partial charge is 0.263 e. The molecule has 0 aromatic carbocycles. The van der Waals surface area contributed by atoms with Gasteiger partial charge in [-0.1, -0.05) is 46.0 Å². The SMILES string of the molecule is CCCCCCC(CC)CN1C(=O)c2c(Br)sc(Br)c2C1=O. The molecule has 1 unspecified atom stereocenters. The predicted octanol–water partition coefficient (Wildman–Crippen LogP) is 5.87. The molecule has 0 spiro atoms. The molecule has 0 fully saturated rings. The van der Waals surface area contributed by atoms with Crippen molar-refractivity contribution >= 4 is 55.0 Å². The molecule has 0 saturated heterocycles. The lowest BCUT2D eigenvalue weighted by Crippen LogP contribution is -2.34. The zero-order valence-corrected chi connectivity index (χ0v) is 16.9. The predicted molar refractivity (Wildman–Crippen MR) is 97.6 cm³/mol. The second kappa shape index (κ2) is 8.06. The highest BCUT2D eigenvalue weighted by Gasteiger charge is 2.41. The van der Waals surface area contributed by atoms with Crippen LogP contribution in [0.5, 0.6) is 0 Å². The molecule has 2 amide bonds. The maximum absolute atomic E-state index is 12.5. The molecule has 2 heterocycles. The number of thiophene rings is 1. The number of hydrogen-bond donors (Lipinski definition) is 0. The average molecular weight is 451 g/mol. The highest BCUT2D eigenvalue weighted by Crippen LogP contribution is 2.42. The molecular weight excluding hydrogens is 430 g/mol. The summed E-state index contributed by atoms with van der Waals surface area (Å²) in [5.41, 5.74) is 1.06. The second-order valence-corrected chi connectivity index (χ2v) is 9.40. The Morgan fingerprint density at radius 2 is 1.59 bits per heavy atom. The largest absolute Gasteiger partial charge is 0.274 e. The molecule has 1 aliphatic rings. The highest BCUT2D eigenvalue weighted by molar-refractivity contribution is 9.12. The van der Waals surface area contributed by atoms with Crippen LogP contribution >= 0.6 is 43.2 Å². The minimum Gasteiger partial charge on any atom is -0.274 e. The number of amides is 2. The quantitative estimate of drug-likeness (QED) is 0.367. The highest BCUT2D eigenvalue weighted by atomic mass is 79.9. The topological polar surface area (TPSA) is 37.4 Å². The van der Waals surface area contributed by atoms with E-state index in [1.54, 1.807) is 0 Å². The van der Waals surface area contributed by atoms with E-state index in [0.717, 1.165) is 20.4 Å². The number of nitrogens with zero attached hydrogens (tertiary/aromatic N) is 1. The summed E-state index contributed by atoms with van der Waals surface area (Å²) in [4.78, 5) is 26.5. The molecule has 3 nitrogen and oxygen atoms in total. The first-order valence-corrected chi connectivity index (χ1v) is 10.2. The number of imide groups is 1. The molecule has 1 aliphatic heterocycles. The first-order chi connectivity index (χ1) is 10.5. The van der Waals surface area contributed by atoms with Gasteiger partial charge < -0.3 is 0 Å². The lowest BCUT2D eigenvalue weighted by Gasteiger charge is -2.21. The van der Waals surface area contributed by atoms with Gasteiger partial charge in [-0.3, -0.25) is 14.5 Å². The van der Waals surface area contributed by atoms with Crippen molar-refractivity contribution in [2.45, 2.75) is 52.4 Å². The molecule has 122 valence electrons. The van der Waals surface area contributed by atoms with Crippen molar-refractivity contribution in [3.8, 4) is 0 Å². The van der Waals surface area contributed by atoms with E-state index in [-0.39, 0.29) is 11.8 Å².